The fourth-order valence-electron chi connectivity index (χ4n) is 2.96. The minimum Gasteiger partial charge on any atom is -0.467 e. The lowest BCUT2D eigenvalue weighted by molar-refractivity contribution is 0.0711. The number of benzene rings is 1. The van der Waals surface area contributed by atoms with E-state index in [4.69, 9.17) is 4.42 Å². The van der Waals surface area contributed by atoms with Gasteiger partial charge in [0, 0.05) is 17.3 Å². The smallest absolute Gasteiger partial charge is 0.273 e. The molecule has 0 atom stereocenters. The number of carbonyl (C=O) groups excluding carboxylic acids is 1. The van der Waals surface area contributed by atoms with Crippen molar-refractivity contribution in [3.63, 3.8) is 0 Å². The molecule has 0 fully saturated rings. The van der Waals surface area contributed by atoms with Gasteiger partial charge in [0.1, 0.15) is 11.5 Å². The Morgan fingerprint density at radius 2 is 1.89 bits per heavy atom. The summed E-state index contributed by atoms with van der Waals surface area (Å²) in [5, 5.41) is 0.912. The summed E-state index contributed by atoms with van der Waals surface area (Å²) in [5.41, 5.74) is 1.37. The monoisotopic (exact) mass is 359 g/mol. The fourth-order valence-corrected chi connectivity index (χ4v) is 2.96. The molecule has 0 aliphatic rings. The number of amides is 1. The lowest BCUT2D eigenvalue weighted by Crippen LogP contribution is -2.32. The number of aromatic nitrogens is 2. The maximum Gasteiger partial charge on any atom is 0.273 e. The van der Waals surface area contributed by atoms with Gasteiger partial charge in [0.15, 0.2) is 0 Å². The van der Waals surface area contributed by atoms with Gasteiger partial charge in [-0.25, -0.2) is 0 Å². The summed E-state index contributed by atoms with van der Waals surface area (Å²) in [6.07, 6.45) is 3.13. The first kappa shape index (κ1) is 16.8. The minimum atomic E-state index is -0.264. The predicted octanol–water partition coefficient (Wildman–Crippen LogP) is 3.36. The molecule has 134 valence electrons. The van der Waals surface area contributed by atoms with E-state index in [1.165, 1.54) is 0 Å². The van der Waals surface area contributed by atoms with Crippen molar-refractivity contribution in [3.8, 4) is 0 Å². The number of fused-ring (bicyclic) bond motifs is 1. The topological polar surface area (TPSA) is 79.2 Å². The normalized spacial score (nSPS) is 10.8. The summed E-state index contributed by atoms with van der Waals surface area (Å²) in [5.74, 6) is 0.371. The van der Waals surface area contributed by atoms with Crippen molar-refractivity contribution >= 4 is 16.8 Å². The first-order valence-corrected chi connectivity index (χ1v) is 8.54. The van der Waals surface area contributed by atoms with Gasteiger partial charge in [-0.15, -0.1) is 0 Å². The molecule has 4 rings (SSSR count). The Morgan fingerprint density at radius 1 is 1.04 bits per heavy atom. The zero-order chi connectivity index (χ0) is 18.6. The number of pyridine rings is 2. The molecule has 6 nitrogen and oxygen atoms in total. The van der Waals surface area contributed by atoms with Crippen LogP contribution in [0.3, 0.4) is 0 Å². The second kappa shape index (κ2) is 7.29. The highest BCUT2D eigenvalue weighted by molar-refractivity contribution is 5.92. The molecule has 0 radical (unpaired) electrons. The molecule has 27 heavy (non-hydrogen) atoms. The van der Waals surface area contributed by atoms with Crippen molar-refractivity contribution in [2.45, 2.75) is 13.1 Å². The summed E-state index contributed by atoms with van der Waals surface area (Å²) in [6, 6.07) is 18.1. The standard InChI is InChI=1S/C21H17N3O3/c25-20-16(12-15-6-1-2-8-18(15)23-20)13-24(14-17-7-5-11-27-17)21(26)19-9-3-4-10-22-19/h1-12H,13-14H2,(H,23,25). The van der Waals surface area contributed by atoms with E-state index in [2.05, 4.69) is 9.97 Å². The number of hydrogen-bond acceptors (Lipinski definition) is 4. The summed E-state index contributed by atoms with van der Waals surface area (Å²) >= 11 is 0. The number of rotatable bonds is 5. The molecule has 0 spiro atoms. The van der Waals surface area contributed by atoms with Gasteiger partial charge in [-0.05, 0) is 41.8 Å². The van der Waals surface area contributed by atoms with Crippen LogP contribution < -0.4 is 5.56 Å². The molecule has 0 aliphatic heterocycles. The third-order valence-electron chi connectivity index (χ3n) is 4.29. The summed E-state index contributed by atoms with van der Waals surface area (Å²) in [7, 11) is 0. The number of furan rings is 1. The van der Waals surface area contributed by atoms with Gasteiger partial charge in [-0.3, -0.25) is 14.6 Å². The highest BCUT2D eigenvalue weighted by Gasteiger charge is 2.20. The Morgan fingerprint density at radius 3 is 2.67 bits per heavy atom. The first-order valence-electron chi connectivity index (χ1n) is 8.54. The van der Waals surface area contributed by atoms with Crippen molar-refractivity contribution < 1.29 is 9.21 Å². The minimum absolute atomic E-state index is 0.149. The van der Waals surface area contributed by atoms with E-state index in [1.807, 2.05) is 30.3 Å². The van der Waals surface area contributed by atoms with Crippen molar-refractivity contribution in [2.75, 3.05) is 0 Å². The van der Waals surface area contributed by atoms with E-state index in [-0.39, 0.29) is 24.6 Å². The number of aromatic amines is 1. The maximum atomic E-state index is 13.0. The van der Waals surface area contributed by atoms with Crippen molar-refractivity contribution in [3.05, 3.63) is 100 Å². The van der Waals surface area contributed by atoms with Gasteiger partial charge in [0.2, 0.25) is 0 Å². The number of para-hydroxylation sites is 1. The highest BCUT2D eigenvalue weighted by Crippen LogP contribution is 2.15. The predicted molar refractivity (Wildman–Crippen MR) is 101 cm³/mol. The zero-order valence-electron chi connectivity index (χ0n) is 14.5. The van der Waals surface area contributed by atoms with E-state index in [0.717, 1.165) is 10.9 Å². The lowest BCUT2D eigenvalue weighted by atomic mass is 10.1. The molecule has 1 amide bonds. The van der Waals surface area contributed by atoms with Crippen LogP contribution in [0.15, 0.2) is 82.3 Å². The Labute approximate surface area is 155 Å². The van der Waals surface area contributed by atoms with Crippen LogP contribution >= 0.6 is 0 Å². The number of nitrogens with one attached hydrogen (secondary N) is 1. The van der Waals surface area contributed by atoms with Gasteiger partial charge in [-0.1, -0.05) is 24.3 Å². The molecule has 1 aromatic carbocycles. The molecule has 0 aliphatic carbocycles. The molecule has 1 N–H and O–H groups in total. The largest absolute Gasteiger partial charge is 0.467 e. The average molecular weight is 359 g/mol. The van der Waals surface area contributed by atoms with Crippen LogP contribution in [-0.2, 0) is 13.1 Å². The Hall–Kier alpha value is -3.67. The van der Waals surface area contributed by atoms with Crippen LogP contribution in [0.1, 0.15) is 21.8 Å². The first-order chi connectivity index (χ1) is 13.2. The number of nitrogens with zero attached hydrogens (tertiary/aromatic N) is 2. The molecule has 0 saturated heterocycles. The van der Waals surface area contributed by atoms with Crippen molar-refractivity contribution in [2.24, 2.45) is 0 Å². The molecule has 3 heterocycles. The molecule has 0 unspecified atom stereocenters. The van der Waals surface area contributed by atoms with Gasteiger partial charge < -0.3 is 14.3 Å². The third kappa shape index (κ3) is 3.64. The van der Waals surface area contributed by atoms with Gasteiger partial charge in [-0.2, -0.15) is 0 Å². The average Bonchev–Trinajstić information content (AvgIpc) is 3.21. The Balaban J connectivity index is 1.69. The van der Waals surface area contributed by atoms with Gasteiger partial charge >= 0.3 is 0 Å². The Kier molecular flexibility index (Phi) is 4.53. The van der Waals surface area contributed by atoms with E-state index in [1.54, 1.807) is 47.7 Å². The summed E-state index contributed by atoms with van der Waals surface area (Å²) in [4.78, 5) is 34.0. The molecule has 4 aromatic rings. The maximum absolute atomic E-state index is 13.0. The highest BCUT2D eigenvalue weighted by atomic mass is 16.3. The summed E-state index contributed by atoms with van der Waals surface area (Å²) in [6.45, 7) is 0.394. The molecule has 3 aromatic heterocycles. The molecule has 0 saturated carbocycles. The molecule has 0 bridgehead atoms. The molecular weight excluding hydrogens is 342 g/mol. The summed E-state index contributed by atoms with van der Waals surface area (Å²) < 4.78 is 5.39. The SMILES string of the molecule is O=C(c1ccccn1)N(Cc1ccco1)Cc1cc2ccccc2[nH]c1=O. The second-order valence-electron chi connectivity index (χ2n) is 6.17. The van der Waals surface area contributed by atoms with Crippen molar-refractivity contribution in [1.29, 1.82) is 0 Å². The van der Waals surface area contributed by atoms with Crippen LogP contribution in [0.2, 0.25) is 0 Å². The Bertz CT molecular complexity index is 1120. The second-order valence-corrected chi connectivity index (χ2v) is 6.17. The van der Waals surface area contributed by atoms with E-state index in [9.17, 15) is 9.59 Å². The van der Waals surface area contributed by atoms with E-state index >= 15 is 0 Å². The zero-order valence-corrected chi connectivity index (χ0v) is 14.5. The fraction of sp³-hybridized carbons (Fsp3) is 0.0952. The van der Waals surface area contributed by atoms with Gasteiger partial charge in [0.05, 0.1) is 19.4 Å². The quantitative estimate of drug-likeness (QED) is 0.593. The molecule has 6 heteroatoms. The number of H-pyrrole nitrogens is 1. The van der Waals surface area contributed by atoms with Crippen LogP contribution in [0, 0.1) is 0 Å². The van der Waals surface area contributed by atoms with E-state index in [0.29, 0.717) is 17.0 Å². The van der Waals surface area contributed by atoms with E-state index < -0.39 is 0 Å². The third-order valence-corrected chi connectivity index (χ3v) is 4.29. The lowest BCUT2D eigenvalue weighted by Gasteiger charge is -2.21. The number of carbonyl (C=O) groups is 1. The van der Waals surface area contributed by atoms with Crippen LogP contribution in [0.4, 0.5) is 0 Å². The van der Waals surface area contributed by atoms with Crippen molar-refractivity contribution in [1.82, 2.24) is 14.9 Å². The van der Waals surface area contributed by atoms with Gasteiger partial charge in [0.25, 0.3) is 11.5 Å². The molecular formula is C21H17N3O3. The van der Waals surface area contributed by atoms with Crippen LogP contribution in [-0.4, -0.2) is 20.8 Å². The van der Waals surface area contributed by atoms with Crippen LogP contribution in [0.25, 0.3) is 10.9 Å². The van der Waals surface area contributed by atoms with Crippen LogP contribution in [0.5, 0.6) is 0 Å². The number of hydrogen-bond donors (Lipinski definition) is 1.